The number of nitrogens with zero attached hydrogens (tertiary/aromatic N) is 1. The molecule has 1 heterocycles. The normalized spacial score (nSPS) is 33.9. The predicted molar refractivity (Wildman–Crippen MR) is 80.3 cm³/mol. The number of rotatable bonds is 4. The minimum absolute atomic E-state index is 0.376. The molecular weight excluding hydrogens is 234 g/mol. The van der Waals surface area contributed by atoms with Gasteiger partial charge in [-0.05, 0) is 45.1 Å². The molecule has 0 aromatic heterocycles. The van der Waals surface area contributed by atoms with E-state index in [0.717, 1.165) is 18.4 Å². The van der Waals surface area contributed by atoms with Crippen molar-refractivity contribution in [2.45, 2.75) is 90.1 Å². The number of hydrogen-bond donors (Lipinski definition) is 0. The maximum absolute atomic E-state index is 11.6. The van der Waals surface area contributed by atoms with Crippen LogP contribution in [0.5, 0.6) is 0 Å². The quantitative estimate of drug-likeness (QED) is 0.760. The van der Waals surface area contributed by atoms with Gasteiger partial charge >= 0.3 is 0 Å². The van der Waals surface area contributed by atoms with Crippen molar-refractivity contribution in [3.63, 3.8) is 0 Å². The Hall–Kier alpha value is -0.370. The van der Waals surface area contributed by atoms with Crippen LogP contribution < -0.4 is 0 Å². The monoisotopic (exact) mass is 265 g/mol. The largest absolute Gasteiger partial charge is 0.300 e. The smallest absolute Gasteiger partial charge is 0.131 e. The number of carbonyl (C=O) groups excluding carboxylic acids is 1. The van der Waals surface area contributed by atoms with E-state index in [9.17, 15) is 4.79 Å². The summed E-state index contributed by atoms with van der Waals surface area (Å²) in [5.41, 5.74) is 0. The Bertz CT molecular complexity index is 289. The van der Waals surface area contributed by atoms with Crippen LogP contribution in [0.25, 0.3) is 0 Å². The standard InChI is InChI=1S/C17H31NO/c1-3-15-9-6-7-11-17(15)18-12-8-4-5-10-16(18)13-14(2)19/h15-17H,3-13H2,1-2H3. The number of carbonyl (C=O) groups is 1. The molecule has 0 aromatic rings. The van der Waals surface area contributed by atoms with Gasteiger partial charge in [0.25, 0.3) is 0 Å². The van der Waals surface area contributed by atoms with Crippen molar-refractivity contribution in [3.05, 3.63) is 0 Å². The molecule has 0 radical (unpaired) electrons. The van der Waals surface area contributed by atoms with Gasteiger partial charge in [-0.2, -0.15) is 0 Å². The average molecular weight is 265 g/mol. The van der Waals surface area contributed by atoms with Crippen LogP contribution in [0, 0.1) is 5.92 Å². The van der Waals surface area contributed by atoms with E-state index in [4.69, 9.17) is 0 Å². The Morgan fingerprint density at radius 3 is 2.53 bits per heavy atom. The first-order valence-corrected chi connectivity index (χ1v) is 8.47. The van der Waals surface area contributed by atoms with Crippen LogP contribution in [-0.4, -0.2) is 29.3 Å². The molecule has 2 rings (SSSR count). The van der Waals surface area contributed by atoms with Gasteiger partial charge in [0.1, 0.15) is 5.78 Å². The first-order valence-electron chi connectivity index (χ1n) is 8.47. The molecule has 0 bridgehead atoms. The molecule has 2 nitrogen and oxygen atoms in total. The third kappa shape index (κ3) is 4.05. The number of ketones is 1. The summed E-state index contributed by atoms with van der Waals surface area (Å²) in [5, 5.41) is 0. The van der Waals surface area contributed by atoms with Gasteiger partial charge < -0.3 is 0 Å². The molecule has 0 aromatic carbocycles. The summed E-state index contributed by atoms with van der Waals surface area (Å²) >= 11 is 0. The molecular formula is C17H31NO. The van der Waals surface area contributed by atoms with Crippen LogP contribution in [0.1, 0.15) is 78.1 Å². The number of hydrogen-bond acceptors (Lipinski definition) is 2. The molecule has 110 valence electrons. The van der Waals surface area contributed by atoms with Crippen LogP contribution in [0.4, 0.5) is 0 Å². The lowest BCUT2D eigenvalue weighted by atomic mass is 9.81. The Morgan fingerprint density at radius 2 is 1.79 bits per heavy atom. The summed E-state index contributed by atoms with van der Waals surface area (Å²) in [7, 11) is 0. The molecule has 0 amide bonds. The topological polar surface area (TPSA) is 20.3 Å². The zero-order valence-electron chi connectivity index (χ0n) is 12.9. The Labute approximate surface area is 118 Å². The fourth-order valence-corrected chi connectivity index (χ4v) is 4.29. The third-order valence-electron chi connectivity index (χ3n) is 5.27. The summed E-state index contributed by atoms with van der Waals surface area (Å²) in [6.07, 6.45) is 12.9. The van der Waals surface area contributed by atoms with Gasteiger partial charge in [0.15, 0.2) is 0 Å². The van der Waals surface area contributed by atoms with Gasteiger partial charge in [0.05, 0.1) is 0 Å². The molecule has 1 aliphatic carbocycles. The molecule has 0 spiro atoms. The maximum Gasteiger partial charge on any atom is 0.131 e. The molecule has 3 atom stereocenters. The van der Waals surface area contributed by atoms with Crippen molar-refractivity contribution in [1.29, 1.82) is 0 Å². The SMILES string of the molecule is CCC1CCCCC1N1CCCCCC1CC(C)=O. The van der Waals surface area contributed by atoms with Crippen molar-refractivity contribution in [2.75, 3.05) is 6.54 Å². The van der Waals surface area contributed by atoms with Crippen molar-refractivity contribution in [1.82, 2.24) is 4.90 Å². The predicted octanol–water partition coefficient (Wildman–Crippen LogP) is 4.18. The van der Waals surface area contributed by atoms with Crippen LogP contribution in [0.2, 0.25) is 0 Å². The fraction of sp³-hybridized carbons (Fsp3) is 0.941. The highest BCUT2D eigenvalue weighted by Gasteiger charge is 2.33. The molecule has 2 aliphatic rings. The fourth-order valence-electron chi connectivity index (χ4n) is 4.29. The average Bonchev–Trinajstić information content (AvgIpc) is 2.63. The van der Waals surface area contributed by atoms with Gasteiger partial charge in [0, 0.05) is 18.5 Å². The van der Waals surface area contributed by atoms with Crippen LogP contribution >= 0.6 is 0 Å². The Kier molecular flexibility index (Phi) is 5.87. The van der Waals surface area contributed by atoms with Crippen LogP contribution in [-0.2, 0) is 4.79 Å². The summed E-state index contributed by atoms with van der Waals surface area (Å²) < 4.78 is 0. The van der Waals surface area contributed by atoms with E-state index in [0.29, 0.717) is 11.8 Å². The van der Waals surface area contributed by atoms with Gasteiger partial charge in [0.2, 0.25) is 0 Å². The molecule has 1 saturated carbocycles. The highest BCUT2D eigenvalue weighted by Crippen LogP contribution is 2.34. The van der Waals surface area contributed by atoms with E-state index in [1.165, 1.54) is 64.3 Å². The van der Waals surface area contributed by atoms with Crippen LogP contribution in [0.15, 0.2) is 0 Å². The highest BCUT2D eigenvalue weighted by molar-refractivity contribution is 5.76. The summed E-state index contributed by atoms with van der Waals surface area (Å²) in [6, 6.07) is 1.30. The summed E-state index contributed by atoms with van der Waals surface area (Å²) in [4.78, 5) is 14.3. The van der Waals surface area contributed by atoms with E-state index < -0.39 is 0 Å². The second kappa shape index (κ2) is 7.42. The zero-order chi connectivity index (χ0) is 13.7. The Morgan fingerprint density at radius 1 is 1.05 bits per heavy atom. The van der Waals surface area contributed by atoms with Gasteiger partial charge in [-0.1, -0.05) is 39.0 Å². The lowest BCUT2D eigenvalue weighted by Gasteiger charge is -2.43. The minimum atomic E-state index is 0.376. The van der Waals surface area contributed by atoms with Crippen molar-refractivity contribution in [2.24, 2.45) is 5.92 Å². The summed E-state index contributed by atoms with van der Waals surface area (Å²) in [5.74, 6) is 1.25. The summed E-state index contributed by atoms with van der Waals surface area (Å²) in [6.45, 7) is 5.35. The number of Topliss-reactive ketones (excluding diaryl/α,β-unsaturated/α-hetero) is 1. The molecule has 1 aliphatic heterocycles. The lowest BCUT2D eigenvalue weighted by molar-refractivity contribution is -0.118. The maximum atomic E-state index is 11.6. The van der Waals surface area contributed by atoms with Crippen molar-refractivity contribution in [3.8, 4) is 0 Å². The molecule has 2 heteroatoms. The van der Waals surface area contributed by atoms with E-state index in [-0.39, 0.29) is 0 Å². The van der Waals surface area contributed by atoms with Crippen LogP contribution in [0.3, 0.4) is 0 Å². The second-order valence-electron chi connectivity index (χ2n) is 6.67. The van der Waals surface area contributed by atoms with Crippen molar-refractivity contribution >= 4 is 5.78 Å². The van der Waals surface area contributed by atoms with E-state index in [1.54, 1.807) is 6.92 Å². The Balaban J connectivity index is 2.08. The molecule has 3 unspecified atom stereocenters. The molecule has 19 heavy (non-hydrogen) atoms. The number of likely N-dealkylation sites (tertiary alicyclic amines) is 1. The first kappa shape index (κ1) is 15.0. The molecule has 2 fully saturated rings. The van der Waals surface area contributed by atoms with Gasteiger partial charge in [-0.25, -0.2) is 0 Å². The van der Waals surface area contributed by atoms with E-state index in [2.05, 4.69) is 11.8 Å². The molecule has 0 N–H and O–H groups in total. The van der Waals surface area contributed by atoms with E-state index >= 15 is 0 Å². The zero-order valence-corrected chi connectivity index (χ0v) is 12.9. The minimum Gasteiger partial charge on any atom is -0.300 e. The van der Waals surface area contributed by atoms with Gasteiger partial charge in [-0.3, -0.25) is 9.69 Å². The lowest BCUT2D eigenvalue weighted by Crippen LogP contribution is -2.48. The van der Waals surface area contributed by atoms with Gasteiger partial charge in [-0.15, -0.1) is 0 Å². The second-order valence-corrected chi connectivity index (χ2v) is 6.67. The molecule has 1 saturated heterocycles. The highest BCUT2D eigenvalue weighted by atomic mass is 16.1. The first-order chi connectivity index (χ1) is 9.22. The van der Waals surface area contributed by atoms with E-state index in [1.807, 2.05) is 0 Å². The van der Waals surface area contributed by atoms with Crippen molar-refractivity contribution < 1.29 is 4.79 Å². The third-order valence-corrected chi connectivity index (χ3v) is 5.27.